The van der Waals surface area contributed by atoms with Crippen LogP contribution in [-0.2, 0) is 16.0 Å². The van der Waals surface area contributed by atoms with E-state index in [-0.39, 0.29) is 0 Å². The number of nitrogens with zero attached hydrogens (tertiary/aromatic N) is 2. The summed E-state index contributed by atoms with van der Waals surface area (Å²) in [5.41, 5.74) is 2.75. The zero-order valence-electron chi connectivity index (χ0n) is 14.2. The van der Waals surface area contributed by atoms with Crippen molar-refractivity contribution in [1.29, 1.82) is 0 Å². The van der Waals surface area contributed by atoms with Gasteiger partial charge in [0.05, 0.1) is 19.8 Å². The Hall–Kier alpha value is -1.14. The van der Waals surface area contributed by atoms with Crippen LogP contribution in [0.5, 0.6) is 0 Å². The van der Waals surface area contributed by atoms with Gasteiger partial charge in [-0.15, -0.1) is 0 Å². The molecular weight excluding hydrogens is 290 g/mol. The van der Waals surface area contributed by atoms with E-state index in [1.165, 1.54) is 24.2 Å². The van der Waals surface area contributed by atoms with Crippen LogP contribution >= 0.6 is 0 Å². The Balaban J connectivity index is 1.52. The van der Waals surface area contributed by atoms with E-state index in [9.17, 15) is 0 Å². The Bertz CT molecular complexity index is 477. The minimum atomic E-state index is 0.588. The summed E-state index contributed by atoms with van der Waals surface area (Å²) in [7, 11) is 1.77. The van der Waals surface area contributed by atoms with E-state index in [0.717, 1.165) is 52.5 Å². The smallest absolute Gasteiger partial charge is 0.0642 e. The van der Waals surface area contributed by atoms with E-state index in [1.54, 1.807) is 7.11 Å². The van der Waals surface area contributed by atoms with Crippen molar-refractivity contribution in [3.8, 4) is 0 Å². The molecule has 5 heteroatoms. The van der Waals surface area contributed by atoms with Gasteiger partial charge in [0.1, 0.15) is 0 Å². The number of hydrogen-bond donors (Lipinski definition) is 1. The van der Waals surface area contributed by atoms with E-state index >= 15 is 0 Å². The van der Waals surface area contributed by atoms with Gasteiger partial charge in [-0.05, 0) is 24.6 Å². The molecule has 2 fully saturated rings. The van der Waals surface area contributed by atoms with Gasteiger partial charge in [-0.1, -0.05) is 18.2 Å². The summed E-state index contributed by atoms with van der Waals surface area (Å²) >= 11 is 0. The van der Waals surface area contributed by atoms with E-state index in [0.29, 0.717) is 6.04 Å². The maximum Gasteiger partial charge on any atom is 0.0642 e. The first-order valence-electron chi connectivity index (χ1n) is 8.72. The van der Waals surface area contributed by atoms with Crippen molar-refractivity contribution in [3.05, 3.63) is 29.8 Å². The maximum absolute atomic E-state index is 5.47. The summed E-state index contributed by atoms with van der Waals surface area (Å²) in [6.45, 7) is 8.76. The van der Waals surface area contributed by atoms with Gasteiger partial charge in [-0.3, -0.25) is 4.90 Å². The summed E-state index contributed by atoms with van der Waals surface area (Å²) in [4.78, 5) is 4.93. The fourth-order valence-electron chi connectivity index (χ4n) is 3.45. The Morgan fingerprint density at radius 1 is 1.22 bits per heavy atom. The number of hydrogen-bond acceptors (Lipinski definition) is 5. The van der Waals surface area contributed by atoms with Crippen LogP contribution in [0.4, 0.5) is 5.69 Å². The molecule has 0 aliphatic carbocycles. The first-order chi connectivity index (χ1) is 11.4. The largest absolute Gasteiger partial charge is 0.383 e. The van der Waals surface area contributed by atoms with Crippen LogP contribution in [0.3, 0.4) is 0 Å². The Labute approximate surface area is 139 Å². The lowest BCUT2D eigenvalue weighted by Crippen LogP contribution is -2.38. The number of likely N-dealkylation sites (tertiary alicyclic amines) is 1. The topological polar surface area (TPSA) is 37.0 Å². The number of methoxy groups -OCH3 is 1. The molecule has 1 atom stereocenters. The summed E-state index contributed by atoms with van der Waals surface area (Å²) in [6, 6.07) is 9.35. The molecule has 2 aliphatic rings. The SMILES string of the molecule is COCCN1CC[C@@H](NCc2ccccc2N2CCOCC2)C1. The molecule has 0 unspecified atom stereocenters. The van der Waals surface area contributed by atoms with E-state index in [4.69, 9.17) is 9.47 Å². The van der Waals surface area contributed by atoms with Crippen molar-refractivity contribution in [1.82, 2.24) is 10.2 Å². The second-order valence-electron chi connectivity index (χ2n) is 6.39. The highest BCUT2D eigenvalue weighted by Crippen LogP contribution is 2.22. The van der Waals surface area contributed by atoms with Gasteiger partial charge >= 0.3 is 0 Å². The van der Waals surface area contributed by atoms with Crippen molar-refractivity contribution in [2.24, 2.45) is 0 Å². The molecule has 23 heavy (non-hydrogen) atoms. The fourth-order valence-corrected chi connectivity index (χ4v) is 3.45. The molecule has 0 bridgehead atoms. The lowest BCUT2D eigenvalue weighted by molar-refractivity contribution is 0.122. The van der Waals surface area contributed by atoms with Crippen molar-refractivity contribution >= 4 is 5.69 Å². The van der Waals surface area contributed by atoms with Gasteiger partial charge in [0.2, 0.25) is 0 Å². The van der Waals surface area contributed by atoms with Gasteiger partial charge in [-0.25, -0.2) is 0 Å². The van der Waals surface area contributed by atoms with Gasteiger partial charge in [0, 0.05) is 51.6 Å². The zero-order chi connectivity index (χ0) is 15.9. The Morgan fingerprint density at radius 3 is 2.87 bits per heavy atom. The molecule has 2 saturated heterocycles. The predicted octanol–water partition coefficient (Wildman–Crippen LogP) is 1.33. The molecule has 3 rings (SSSR count). The third-order valence-corrected chi connectivity index (χ3v) is 4.81. The quantitative estimate of drug-likeness (QED) is 0.821. The summed E-state index contributed by atoms with van der Waals surface area (Å²) in [5.74, 6) is 0. The van der Waals surface area contributed by atoms with Crippen LogP contribution in [0, 0.1) is 0 Å². The van der Waals surface area contributed by atoms with Crippen molar-refractivity contribution < 1.29 is 9.47 Å². The first-order valence-corrected chi connectivity index (χ1v) is 8.72. The molecule has 2 aliphatic heterocycles. The van der Waals surface area contributed by atoms with E-state index in [1.807, 2.05) is 0 Å². The molecule has 0 spiro atoms. The van der Waals surface area contributed by atoms with Gasteiger partial charge in [-0.2, -0.15) is 0 Å². The van der Waals surface area contributed by atoms with E-state index < -0.39 is 0 Å². The molecule has 1 aromatic rings. The van der Waals surface area contributed by atoms with Crippen LogP contribution in [0.25, 0.3) is 0 Å². The number of ether oxygens (including phenoxy) is 2. The van der Waals surface area contributed by atoms with Crippen LogP contribution in [0.2, 0.25) is 0 Å². The predicted molar refractivity (Wildman–Crippen MR) is 93.0 cm³/mol. The number of benzene rings is 1. The number of anilines is 1. The maximum atomic E-state index is 5.47. The lowest BCUT2D eigenvalue weighted by Gasteiger charge is -2.31. The van der Waals surface area contributed by atoms with E-state index in [2.05, 4.69) is 39.4 Å². The second kappa shape index (κ2) is 8.64. The number of morpholine rings is 1. The van der Waals surface area contributed by atoms with Crippen LogP contribution in [0.15, 0.2) is 24.3 Å². The number of rotatable bonds is 7. The summed E-state index contributed by atoms with van der Waals surface area (Å²) < 4.78 is 10.6. The highest BCUT2D eigenvalue weighted by atomic mass is 16.5. The fraction of sp³-hybridized carbons (Fsp3) is 0.667. The standard InChI is InChI=1S/C18H29N3O2/c1-22-11-8-20-7-6-17(15-20)19-14-16-4-2-3-5-18(16)21-9-12-23-13-10-21/h2-5,17,19H,6-15H2,1H3/t17-/m1/s1. The second-order valence-corrected chi connectivity index (χ2v) is 6.39. The molecule has 5 nitrogen and oxygen atoms in total. The molecule has 0 radical (unpaired) electrons. The number of para-hydroxylation sites is 1. The van der Waals surface area contributed by atoms with Crippen LogP contribution < -0.4 is 10.2 Å². The molecule has 1 N–H and O–H groups in total. The molecule has 1 aromatic carbocycles. The van der Waals surface area contributed by atoms with Crippen molar-refractivity contribution in [2.45, 2.75) is 19.0 Å². The first kappa shape index (κ1) is 16.7. The molecule has 128 valence electrons. The normalized spacial score (nSPS) is 22.7. The monoisotopic (exact) mass is 319 g/mol. The molecular formula is C18H29N3O2. The number of nitrogens with one attached hydrogen (secondary N) is 1. The van der Waals surface area contributed by atoms with Gasteiger partial charge in [0.25, 0.3) is 0 Å². The summed E-state index contributed by atoms with van der Waals surface area (Å²) in [5, 5.41) is 3.74. The van der Waals surface area contributed by atoms with Crippen LogP contribution in [-0.4, -0.2) is 70.6 Å². The minimum Gasteiger partial charge on any atom is -0.383 e. The highest BCUT2D eigenvalue weighted by Gasteiger charge is 2.22. The zero-order valence-corrected chi connectivity index (χ0v) is 14.2. The third-order valence-electron chi connectivity index (χ3n) is 4.81. The lowest BCUT2D eigenvalue weighted by atomic mass is 10.1. The molecule has 0 saturated carbocycles. The van der Waals surface area contributed by atoms with Gasteiger partial charge < -0.3 is 19.7 Å². The Kier molecular flexibility index (Phi) is 6.28. The Morgan fingerprint density at radius 2 is 2.04 bits per heavy atom. The third kappa shape index (κ3) is 4.67. The average Bonchev–Trinajstić information content (AvgIpc) is 3.07. The summed E-state index contributed by atoms with van der Waals surface area (Å²) in [6.07, 6.45) is 1.23. The highest BCUT2D eigenvalue weighted by molar-refractivity contribution is 5.53. The van der Waals surface area contributed by atoms with Crippen molar-refractivity contribution in [3.63, 3.8) is 0 Å². The minimum absolute atomic E-state index is 0.588. The van der Waals surface area contributed by atoms with Crippen molar-refractivity contribution in [2.75, 3.05) is 64.6 Å². The molecule has 0 aromatic heterocycles. The molecule has 0 amide bonds. The van der Waals surface area contributed by atoms with Crippen LogP contribution in [0.1, 0.15) is 12.0 Å². The molecule has 2 heterocycles. The van der Waals surface area contributed by atoms with Gasteiger partial charge in [0.15, 0.2) is 0 Å². The average molecular weight is 319 g/mol.